The van der Waals surface area contributed by atoms with Gasteiger partial charge in [0.25, 0.3) is 5.69 Å². The smallest absolute Gasteiger partial charge is 0.284 e. The maximum absolute atomic E-state index is 11.4. The predicted octanol–water partition coefficient (Wildman–Crippen LogP) is 3.09. The van der Waals surface area contributed by atoms with E-state index < -0.39 is 4.92 Å². The lowest BCUT2D eigenvalue weighted by atomic mass is 10.0. The third-order valence-corrected chi connectivity index (χ3v) is 2.97. The summed E-state index contributed by atoms with van der Waals surface area (Å²) in [6.45, 7) is 1.70. The summed E-state index contributed by atoms with van der Waals surface area (Å²) in [6, 6.07) is 2.88. The van der Waals surface area contributed by atoms with Gasteiger partial charge in [-0.1, -0.05) is 6.07 Å². The Kier molecular flexibility index (Phi) is 3.82. The summed E-state index contributed by atoms with van der Waals surface area (Å²) < 4.78 is 0.193. The molecule has 0 radical (unpaired) electrons. The molecule has 0 aliphatic heterocycles. The van der Waals surface area contributed by atoms with Crippen LogP contribution in [0, 0.1) is 17.0 Å². The van der Waals surface area contributed by atoms with Crippen LogP contribution in [0.2, 0.25) is 0 Å². The SMILES string of the molecule is Cc1ccc([N+](=O)[O-])c(Br)c1C(=O)CCl. The first-order valence-corrected chi connectivity index (χ1v) is 5.34. The van der Waals surface area contributed by atoms with Gasteiger partial charge in [0, 0.05) is 11.6 Å². The van der Waals surface area contributed by atoms with E-state index in [9.17, 15) is 14.9 Å². The number of rotatable bonds is 3. The molecule has 0 saturated carbocycles. The number of aryl methyl sites for hydroxylation is 1. The number of hydrogen-bond donors (Lipinski definition) is 0. The number of nitro groups is 1. The van der Waals surface area contributed by atoms with Gasteiger partial charge in [-0.2, -0.15) is 0 Å². The summed E-state index contributed by atoms with van der Waals surface area (Å²) in [5.41, 5.74) is 0.811. The first-order valence-electron chi connectivity index (χ1n) is 4.01. The highest BCUT2D eigenvalue weighted by Crippen LogP contribution is 2.31. The molecule has 0 atom stereocenters. The molecule has 0 aliphatic rings. The number of nitro benzene ring substituents is 1. The molecule has 1 rings (SSSR count). The zero-order valence-corrected chi connectivity index (χ0v) is 10.1. The molecule has 0 bridgehead atoms. The van der Waals surface area contributed by atoms with Gasteiger partial charge in [-0.05, 0) is 28.4 Å². The van der Waals surface area contributed by atoms with Crippen molar-refractivity contribution in [3.63, 3.8) is 0 Å². The molecule has 0 spiro atoms. The van der Waals surface area contributed by atoms with E-state index in [1.807, 2.05) is 0 Å². The van der Waals surface area contributed by atoms with Crippen molar-refractivity contribution in [3.8, 4) is 0 Å². The lowest BCUT2D eigenvalue weighted by Gasteiger charge is -2.05. The normalized spacial score (nSPS) is 10.1. The predicted molar refractivity (Wildman–Crippen MR) is 60.6 cm³/mol. The molecule has 0 amide bonds. The molecule has 15 heavy (non-hydrogen) atoms. The molecule has 1 aromatic carbocycles. The second kappa shape index (κ2) is 4.72. The number of carbonyl (C=O) groups is 1. The molecular weight excluding hydrogens is 285 g/mol. The number of halogens is 2. The largest absolute Gasteiger partial charge is 0.293 e. The second-order valence-electron chi connectivity index (χ2n) is 2.90. The van der Waals surface area contributed by atoms with E-state index in [0.717, 1.165) is 0 Å². The van der Waals surface area contributed by atoms with Crippen LogP contribution in [0.1, 0.15) is 15.9 Å². The van der Waals surface area contributed by atoms with Crippen LogP contribution >= 0.6 is 27.5 Å². The molecule has 0 N–H and O–H groups in total. The van der Waals surface area contributed by atoms with E-state index in [2.05, 4.69) is 15.9 Å². The highest BCUT2D eigenvalue weighted by atomic mass is 79.9. The van der Waals surface area contributed by atoms with E-state index in [1.54, 1.807) is 6.92 Å². The fraction of sp³-hybridized carbons (Fsp3) is 0.222. The fourth-order valence-electron chi connectivity index (χ4n) is 1.21. The summed E-state index contributed by atoms with van der Waals surface area (Å²) in [6.07, 6.45) is 0. The van der Waals surface area contributed by atoms with Crippen molar-refractivity contribution in [2.45, 2.75) is 6.92 Å². The van der Waals surface area contributed by atoms with Crippen molar-refractivity contribution in [1.82, 2.24) is 0 Å². The Morgan fingerprint density at radius 3 is 2.67 bits per heavy atom. The topological polar surface area (TPSA) is 60.2 Å². The number of ketones is 1. The van der Waals surface area contributed by atoms with Crippen molar-refractivity contribution in [3.05, 3.63) is 37.8 Å². The second-order valence-corrected chi connectivity index (χ2v) is 3.96. The summed E-state index contributed by atoms with van der Waals surface area (Å²) >= 11 is 8.48. The molecule has 0 heterocycles. The fourth-order valence-corrected chi connectivity index (χ4v) is 2.16. The van der Waals surface area contributed by atoms with Crippen molar-refractivity contribution in [2.75, 3.05) is 5.88 Å². The Bertz CT molecular complexity index is 434. The minimum atomic E-state index is -0.547. The third-order valence-electron chi connectivity index (χ3n) is 1.93. The first-order chi connectivity index (χ1) is 6.99. The molecule has 0 unspecified atom stereocenters. The number of Topliss-reactive ketones (excluding diaryl/α,β-unsaturated/α-hetero) is 1. The van der Waals surface area contributed by atoms with Gasteiger partial charge in [0.15, 0.2) is 5.78 Å². The average Bonchev–Trinajstić information content (AvgIpc) is 2.16. The van der Waals surface area contributed by atoms with E-state index in [4.69, 9.17) is 11.6 Å². The average molecular weight is 293 g/mol. The van der Waals surface area contributed by atoms with Crippen molar-refractivity contribution < 1.29 is 9.72 Å². The Labute approximate surface area is 99.5 Å². The first kappa shape index (κ1) is 12.1. The van der Waals surface area contributed by atoms with Gasteiger partial charge >= 0.3 is 0 Å². The molecule has 80 valence electrons. The summed E-state index contributed by atoms with van der Waals surface area (Å²) in [4.78, 5) is 21.5. The van der Waals surface area contributed by atoms with Crippen LogP contribution < -0.4 is 0 Å². The number of carbonyl (C=O) groups excluding carboxylic acids is 1. The van der Waals surface area contributed by atoms with Crippen molar-refractivity contribution >= 4 is 39.0 Å². The summed E-state index contributed by atoms with van der Waals surface area (Å²) in [7, 11) is 0. The molecular formula is C9H7BrClNO3. The molecule has 0 saturated heterocycles. The minimum Gasteiger partial charge on any atom is -0.293 e. The van der Waals surface area contributed by atoms with E-state index in [-0.39, 0.29) is 27.4 Å². The van der Waals surface area contributed by atoms with Crippen molar-refractivity contribution in [2.24, 2.45) is 0 Å². The number of nitrogens with zero attached hydrogens (tertiary/aromatic N) is 1. The molecule has 0 fully saturated rings. The van der Waals surface area contributed by atoms with Gasteiger partial charge < -0.3 is 0 Å². The van der Waals surface area contributed by atoms with Crippen molar-refractivity contribution in [1.29, 1.82) is 0 Å². The molecule has 6 heteroatoms. The standard InChI is InChI=1S/C9H7BrClNO3/c1-5-2-3-6(12(14)15)9(10)8(5)7(13)4-11/h2-3H,4H2,1H3. The van der Waals surface area contributed by atoms with Crippen LogP contribution in [0.4, 0.5) is 5.69 Å². The zero-order valence-electron chi connectivity index (χ0n) is 7.79. The molecule has 4 nitrogen and oxygen atoms in total. The monoisotopic (exact) mass is 291 g/mol. The van der Waals surface area contributed by atoms with Crippen LogP contribution in [0.3, 0.4) is 0 Å². The van der Waals surface area contributed by atoms with E-state index in [1.165, 1.54) is 12.1 Å². The highest BCUT2D eigenvalue weighted by molar-refractivity contribution is 9.10. The molecule has 0 aromatic heterocycles. The van der Waals surface area contributed by atoms with Crippen LogP contribution in [0.15, 0.2) is 16.6 Å². The number of benzene rings is 1. The summed E-state index contributed by atoms with van der Waals surface area (Å²) in [5, 5.41) is 10.6. The van der Waals surface area contributed by atoms with Gasteiger partial charge in [0.1, 0.15) is 4.47 Å². The summed E-state index contributed by atoms with van der Waals surface area (Å²) in [5.74, 6) is -0.523. The Hall–Kier alpha value is -0.940. The zero-order chi connectivity index (χ0) is 11.6. The van der Waals surface area contributed by atoms with Crippen LogP contribution in [0.25, 0.3) is 0 Å². The number of alkyl halides is 1. The van der Waals surface area contributed by atoms with E-state index in [0.29, 0.717) is 5.56 Å². The quantitative estimate of drug-likeness (QED) is 0.372. The van der Waals surface area contributed by atoms with Gasteiger partial charge in [-0.25, -0.2) is 0 Å². The Balaban J connectivity index is 3.43. The number of hydrogen-bond acceptors (Lipinski definition) is 3. The van der Waals surface area contributed by atoms with Crippen LogP contribution in [-0.2, 0) is 0 Å². The molecule has 1 aromatic rings. The maximum Gasteiger partial charge on any atom is 0.284 e. The lowest BCUT2D eigenvalue weighted by molar-refractivity contribution is -0.385. The van der Waals surface area contributed by atoms with Crippen LogP contribution in [-0.4, -0.2) is 16.6 Å². The highest BCUT2D eigenvalue weighted by Gasteiger charge is 2.21. The van der Waals surface area contributed by atoms with Crippen LogP contribution in [0.5, 0.6) is 0 Å². The lowest BCUT2D eigenvalue weighted by Crippen LogP contribution is -2.06. The Morgan fingerprint density at radius 1 is 1.60 bits per heavy atom. The molecule has 0 aliphatic carbocycles. The Morgan fingerprint density at radius 2 is 2.20 bits per heavy atom. The van der Waals surface area contributed by atoms with Gasteiger partial charge in [-0.3, -0.25) is 14.9 Å². The third kappa shape index (κ3) is 2.35. The maximum atomic E-state index is 11.4. The minimum absolute atomic E-state index is 0.130. The van der Waals surface area contributed by atoms with Gasteiger partial charge in [0.2, 0.25) is 0 Å². The van der Waals surface area contributed by atoms with Gasteiger partial charge in [-0.15, -0.1) is 11.6 Å². The van der Waals surface area contributed by atoms with Gasteiger partial charge in [0.05, 0.1) is 10.8 Å². The van der Waals surface area contributed by atoms with E-state index >= 15 is 0 Å².